The molecule has 1 aliphatic heterocycles. The number of H-pyrrole nitrogens is 1. The molecular weight excluding hydrogens is 416 g/mol. The first kappa shape index (κ1) is 21.9. The van der Waals surface area contributed by atoms with Crippen molar-refractivity contribution in [3.05, 3.63) is 16.7 Å². The minimum Gasteiger partial charge on any atom is -0.456 e. The summed E-state index contributed by atoms with van der Waals surface area (Å²) in [6.07, 6.45) is 0.162. The minimum atomic E-state index is -0.951. The highest BCUT2D eigenvalue weighted by Crippen LogP contribution is 2.39. The van der Waals surface area contributed by atoms with Gasteiger partial charge in [0, 0.05) is 27.9 Å². The third-order valence-corrected chi connectivity index (χ3v) is 5.35. The van der Waals surface area contributed by atoms with Gasteiger partial charge >= 0.3 is 5.97 Å². The Morgan fingerprint density at radius 3 is 2.80 bits per heavy atom. The van der Waals surface area contributed by atoms with Crippen molar-refractivity contribution in [1.29, 1.82) is 0 Å². The molecule has 12 nitrogen and oxygen atoms in total. The Kier molecular flexibility index (Phi) is 6.53. The van der Waals surface area contributed by atoms with Gasteiger partial charge in [-0.1, -0.05) is 11.8 Å². The maximum Gasteiger partial charge on any atom is 0.303 e. The molecule has 3 rings (SSSR count). The number of ether oxygens (including phenoxy) is 2. The number of aliphatic hydroxyl groups is 1. The standard InChI is InChI=1S/C17H22N6O6S/c1-8(25)28-12-13(30-9(2)26)10(5-24)29-16(12)23-7-18-11-14(23)20-17(21-15(11)27)19-6-22(3)4/h6-7,10,12-13,16,24H,5H2,1-4H3,(H,20,21,27)/b19-6+/t10-,12-,13-,16-/m1/s1. The summed E-state index contributed by atoms with van der Waals surface area (Å²) in [6, 6.07) is 0. The van der Waals surface area contributed by atoms with Crippen LogP contribution in [0, 0.1) is 0 Å². The number of nitrogens with zero attached hydrogens (tertiary/aromatic N) is 5. The lowest BCUT2D eigenvalue weighted by Gasteiger charge is -2.23. The maximum absolute atomic E-state index is 12.4. The smallest absolute Gasteiger partial charge is 0.303 e. The molecule has 13 heteroatoms. The van der Waals surface area contributed by atoms with Crippen molar-refractivity contribution in [2.24, 2.45) is 4.99 Å². The van der Waals surface area contributed by atoms with Crippen molar-refractivity contribution in [3.8, 4) is 0 Å². The zero-order valence-electron chi connectivity index (χ0n) is 16.8. The van der Waals surface area contributed by atoms with E-state index in [1.54, 1.807) is 19.0 Å². The van der Waals surface area contributed by atoms with Gasteiger partial charge in [0.05, 0.1) is 30.6 Å². The molecule has 0 unspecified atom stereocenters. The average molecular weight is 438 g/mol. The van der Waals surface area contributed by atoms with Crippen LogP contribution < -0.4 is 5.56 Å². The molecule has 0 aromatic carbocycles. The van der Waals surface area contributed by atoms with Crippen LogP contribution in [-0.2, 0) is 19.1 Å². The van der Waals surface area contributed by atoms with Crippen LogP contribution in [0.1, 0.15) is 20.1 Å². The second-order valence-electron chi connectivity index (χ2n) is 6.82. The molecule has 0 radical (unpaired) electrons. The molecule has 162 valence electrons. The maximum atomic E-state index is 12.4. The molecule has 0 saturated carbocycles. The molecule has 1 fully saturated rings. The van der Waals surface area contributed by atoms with E-state index in [9.17, 15) is 19.5 Å². The predicted octanol–water partition coefficient (Wildman–Crippen LogP) is -0.189. The number of nitrogens with one attached hydrogen (secondary N) is 1. The number of imidazole rings is 1. The SMILES string of the molecule is CC(=O)O[C@@H]1[C@H](SC(C)=O)[C@@H](CO)O[C@H]1n1cnc2c(=O)[nH]c(/N=C/N(C)C)nc21. The fourth-order valence-electron chi connectivity index (χ4n) is 3.06. The van der Waals surface area contributed by atoms with Crippen molar-refractivity contribution < 1.29 is 24.2 Å². The number of fused-ring (bicyclic) bond motifs is 1. The number of aliphatic hydroxyl groups excluding tert-OH is 1. The van der Waals surface area contributed by atoms with E-state index < -0.39 is 41.8 Å². The third-order valence-electron chi connectivity index (χ3n) is 4.17. The summed E-state index contributed by atoms with van der Waals surface area (Å²) >= 11 is 0.917. The van der Waals surface area contributed by atoms with Gasteiger partial charge in [0.25, 0.3) is 5.56 Å². The van der Waals surface area contributed by atoms with Crippen molar-refractivity contribution in [2.45, 2.75) is 37.5 Å². The Morgan fingerprint density at radius 2 is 2.20 bits per heavy atom. The number of carbonyl (C=O) groups excluding carboxylic acids is 2. The molecular formula is C17H22N6O6S. The number of rotatable bonds is 6. The molecule has 4 atom stereocenters. The lowest BCUT2D eigenvalue weighted by molar-refractivity contribution is -0.152. The Hall–Kier alpha value is -2.77. The zero-order valence-corrected chi connectivity index (χ0v) is 17.6. The van der Waals surface area contributed by atoms with Crippen LogP contribution in [0.25, 0.3) is 11.2 Å². The number of esters is 1. The number of hydrogen-bond donors (Lipinski definition) is 2. The summed E-state index contributed by atoms with van der Waals surface area (Å²) in [4.78, 5) is 52.5. The number of hydrogen-bond acceptors (Lipinski definition) is 10. The number of aromatic nitrogens is 4. The van der Waals surface area contributed by atoms with Crippen molar-refractivity contribution in [2.75, 3.05) is 20.7 Å². The molecule has 2 aromatic heterocycles. The predicted molar refractivity (Wildman–Crippen MR) is 109 cm³/mol. The molecule has 0 aliphatic carbocycles. The van der Waals surface area contributed by atoms with Crippen LogP contribution in [-0.4, -0.2) is 85.1 Å². The number of thioether (sulfide) groups is 1. The number of carbonyl (C=O) groups is 2. The molecule has 1 saturated heterocycles. The van der Waals surface area contributed by atoms with E-state index in [0.717, 1.165) is 11.8 Å². The van der Waals surface area contributed by atoms with Gasteiger partial charge in [-0.2, -0.15) is 4.98 Å². The second-order valence-corrected chi connectivity index (χ2v) is 8.17. The molecule has 0 spiro atoms. The first-order chi connectivity index (χ1) is 14.2. The Morgan fingerprint density at radius 1 is 1.47 bits per heavy atom. The Labute approximate surface area is 175 Å². The quantitative estimate of drug-likeness (QED) is 0.353. The van der Waals surface area contributed by atoms with Crippen molar-refractivity contribution in [1.82, 2.24) is 24.4 Å². The summed E-state index contributed by atoms with van der Waals surface area (Å²) in [5, 5.41) is 8.87. The van der Waals surface area contributed by atoms with Gasteiger partial charge in [0.1, 0.15) is 0 Å². The van der Waals surface area contributed by atoms with Crippen LogP contribution in [0.4, 0.5) is 5.95 Å². The van der Waals surface area contributed by atoms with Crippen LogP contribution in [0.5, 0.6) is 0 Å². The summed E-state index contributed by atoms with van der Waals surface area (Å²) in [5.41, 5.74) is -0.288. The normalized spacial score (nSPS) is 23.9. The Bertz CT molecular complexity index is 1030. The molecule has 1 aliphatic rings. The molecule has 0 amide bonds. The van der Waals surface area contributed by atoms with E-state index in [-0.39, 0.29) is 22.2 Å². The first-order valence-corrected chi connectivity index (χ1v) is 9.87. The summed E-state index contributed by atoms with van der Waals surface area (Å²) in [6.45, 7) is 2.22. The summed E-state index contributed by atoms with van der Waals surface area (Å²) in [5.74, 6) is -0.522. The highest BCUT2D eigenvalue weighted by Gasteiger charge is 2.49. The zero-order chi connectivity index (χ0) is 22.0. The Balaban J connectivity index is 2.08. The van der Waals surface area contributed by atoms with Gasteiger partial charge in [-0.3, -0.25) is 23.9 Å². The monoisotopic (exact) mass is 438 g/mol. The van der Waals surface area contributed by atoms with Crippen LogP contribution in [0.2, 0.25) is 0 Å². The van der Waals surface area contributed by atoms with Gasteiger partial charge in [-0.05, 0) is 0 Å². The van der Waals surface area contributed by atoms with E-state index in [4.69, 9.17) is 9.47 Å². The highest BCUT2D eigenvalue weighted by molar-refractivity contribution is 8.14. The van der Waals surface area contributed by atoms with Gasteiger partial charge in [0.2, 0.25) is 5.95 Å². The summed E-state index contributed by atoms with van der Waals surface area (Å²) < 4.78 is 12.8. The lowest BCUT2D eigenvalue weighted by atomic mass is 10.2. The van der Waals surface area contributed by atoms with Crippen LogP contribution in [0.3, 0.4) is 0 Å². The average Bonchev–Trinajstić information content (AvgIpc) is 3.21. The van der Waals surface area contributed by atoms with Gasteiger partial charge in [0.15, 0.2) is 28.6 Å². The fourth-order valence-corrected chi connectivity index (χ4v) is 4.07. The van der Waals surface area contributed by atoms with E-state index >= 15 is 0 Å². The van der Waals surface area contributed by atoms with Gasteiger partial charge in [-0.25, -0.2) is 9.98 Å². The largest absolute Gasteiger partial charge is 0.456 e. The number of aliphatic imine (C=N–C) groups is 1. The first-order valence-electron chi connectivity index (χ1n) is 8.99. The van der Waals surface area contributed by atoms with E-state index in [1.165, 1.54) is 31.1 Å². The molecule has 2 aromatic rings. The van der Waals surface area contributed by atoms with E-state index in [2.05, 4.69) is 19.9 Å². The second kappa shape index (κ2) is 8.93. The van der Waals surface area contributed by atoms with Crippen LogP contribution in [0.15, 0.2) is 16.1 Å². The lowest BCUT2D eigenvalue weighted by Crippen LogP contribution is -2.35. The van der Waals surface area contributed by atoms with Crippen LogP contribution >= 0.6 is 11.8 Å². The van der Waals surface area contributed by atoms with E-state index in [1.807, 2.05) is 0 Å². The molecule has 0 bridgehead atoms. The highest BCUT2D eigenvalue weighted by atomic mass is 32.2. The summed E-state index contributed by atoms with van der Waals surface area (Å²) in [7, 11) is 3.53. The van der Waals surface area contributed by atoms with Gasteiger partial charge in [-0.15, -0.1) is 0 Å². The van der Waals surface area contributed by atoms with Crippen molar-refractivity contribution >= 4 is 46.3 Å². The number of aromatic amines is 1. The molecule has 3 heterocycles. The topological polar surface area (TPSA) is 152 Å². The fraction of sp³-hybridized carbons (Fsp3) is 0.529. The molecule has 2 N–H and O–H groups in total. The molecule has 30 heavy (non-hydrogen) atoms. The van der Waals surface area contributed by atoms with E-state index in [0.29, 0.717) is 0 Å². The third kappa shape index (κ3) is 4.52. The van der Waals surface area contributed by atoms with Crippen molar-refractivity contribution in [3.63, 3.8) is 0 Å². The van der Waals surface area contributed by atoms with Gasteiger partial charge < -0.3 is 19.5 Å². The minimum absolute atomic E-state index is 0.0483.